The van der Waals surface area contributed by atoms with Crippen LogP contribution in [0.4, 0.5) is 4.39 Å². The summed E-state index contributed by atoms with van der Waals surface area (Å²) in [7, 11) is 1.47. The Hall–Kier alpha value is -5.16. The molecule has 3 aromatic carbocycles. The minimum atomic E-state index is -1.07. The molecule has 4 aromatic rings. The normalized spacial score (nSPS) is 10.5. The number of carbonyl (C=O) groups is 3. The zero-order chi connectivity index (χ0) is 26.7. The molecule has 0 bridgehead atoms. The van der Waals surface area contributed by atoms with Gasteiger partial charge in [-0.1, -0.05) is 24.6 Å². The predicted molar refractivity (Wildman–Crippen MR) is 137 cm³/mol. The number of halogens is 1. The summed E-state index contributed by atoms with van der Waals surface area (Å²) < 4.78 is 19.5. The first-order valence-corrected chi connectivity index (χ1v) is 11.1. The number of hydrogen-bond donors (Lipinski definition) is 3. The van der Waals surface area contributed by atoms with Crippen LogP contribution in [0.5, 0.6) is 0 Å². The molecule has 0 spiro atoms. The summed E-state index contributed by atoms with van der Waals surface area (Å²) in [6.07, 6.45) is 4.92. The highest BCUT2D eigenvalue weighted by Gasteiger charge is 2.24. The number of carbonyl (C=O) groups excluding carboxylic acids is 2. The predicted octanol–water partition coefficient (Wildman–Crippen LogP) is 4.77. The number of amides is 2. The van der Waals surface area contributed by atoms with Crippen LogP contribution in [0.25, 0.3) is 33.4 Å². The van der Waals surface area contributed by atoms with E-state index < -0.39 is 23.6 Å². The maximum atomic E-state index is 13.5. The molecule has 37 heavy (non-hydrogen) atoms. The number of aliphatic carboxylic acids is 1. The summed E-state index contributed by atoms with van der Waals surface area (Å²) in [5.74, 6) is 0.0367. The fourth-order valence-electron chi connectivity index (χ4n) is 3.99. The molecule has 2 amide bonds. The molecule has 184 valence electrons. The maximum Gasteiger partial charge on any atom is 0.307 e. The van der Waals surface area contributed by atoms with Crippen LogP contribution >= 0.6 is 0 Å². The molecule has 0 radical (unpaired) electrons. The lowest BCUT2D eigenvalue weighted by molar-refractivity contribution is -0.136. The number of fused-ring (bicyclic) bond motifs is 1. The summed E-state index contributed by atoms with van der Waals surface area (Å²) in [5.41, 5.74) is 2.81. The van der Waals surface area contributed by atoms with Gasteiger partial charge in [0.05, 0.1) is 17.7 Å². The van der Waals surface area contributed by atoms with Crippen molar-refractivity contribution in [2.24, 2.45) is 0 Å². The van der Waals surface area contributed by atoms with E-state index in [1.807, 2.05) is 0 Å². The van der Waals surface area contributed by atoms with Gasteiger partial charge in [-0.2, -0.15) is 0 Å². The van der Waals surface area contributed by atoms with Crippen molar-refractivity contribution in [3.8, 4) is 34.8 Å². The lowest BCUT2D eigenvalue weighted by Gasteiger charge is -2.11. The largest absolute Gasteiger partial charge is 0.481 e. The summed E-state index contributed by atoms with van der Waals surface area (Å²) >= 11 is 0. The van der Waals surface area contributed by atoms with Crippen molar-refractivity contribution in [3.05, 3.63) is 95.4 Å². The number of rotatable bonds is 7. The second kappa shape index (κ2) is 10.2. The van der Waals surface area contributed by atoms with Crippen molar-refractivity contribution in [2.45, 2.75) is 6.42 Å². The molecule has 0 saturated carbocycles. The number of terminal acetylenes is 1. The van der Waals surface area contributed by atoms with E-state index in [0.29, 0.717) is 27.6 Å². The average Bonchev–Trinajstić information content (AvgIpc) is 3.26. The molecule has 1 heterocycles. The van der Waals surface area contributed by atoms with Crippen molar-refractivity contribution in [1.29, 1.82) is 0 Å². The number of hydrogen-bond acceptors (Lipinski definition) is 4. The number of benzene rings is 3. The van der Waals surface area contributed by atoms with E-state index in [4.69, 9.17) is 10.8 Å². The van der Waals surface area contributed by atoms with Crippen LogP contribution in [0.2, 0.25) is 0 Å². The van der Waals surface area contributed by atoms with Gasteiger partial charge in [0.15, 0.2) is 0 Å². The van der Waals surface area contributed by atoms with Gasteiger partial charge in [0.1, 0.15) is 17.2 Å². The van der Waals surface area contributed by atoms with Gasteiger partial charge < -0.3 is 20.2 Å². The first kappa shape index (κ1) is 24.9. The van der Waals surface area contributed by atoms with E-state index in [0.717, 1.165) is 0 Å². The molecule has 0 aliphatic rings. The van der Waals surface area contributed by atoms with Gasteiger partial charge in [-0.3, -0.25) is 14.4 Å². The summed E-state index contributed by atoms with van der Waals surface area (Å²) in [6.45, 7) is 3.56. The highest BCUT2D eigenvalue weighted by molar-refractivity contribution is 6.12. The van der Waals surface area contributed by atoms with Gasteiger partial charge in [-0.05, 0) is 65.2 Å². The van der Waals surface area contributed by atoms with Crippen molar-refractivity contribution in [3.63, 3.8) is 0 Å². The van der Waals surface area contributed by atoms with Crippen LogP contribution in [0, 0.1) is 18.2 Å². The van der Waals surface area contributed by atoms with Gasteiger partial charge >= 0.3 is 5.97 Å². The highest BCUT2D eigenvalue weighted by Crippen LogP contribution is 2.38. The third kappa shape index (κ3) is 5.11. The number of furan rings is 1. The van der Waals surface area contributed by atoms with Crippen LogP contribution < -0.4 is 10.6 Å². The SMILES string of the molecule is C#CC(=C)NC(=O)c1cccc(-c2cc3c(C(=O)NC)c(-c4ccc(F)cc4)oc3cc2CC(=O)O)c1. The fraction of sp³-hybridized carbons (Fsp3) is 0.0690. The molecule has 7 nitrogen and oxygen atoms in total. The van der Waals surface area contributed by atoms with Gasteiger partial charge in [-0.15, -0.1) is 6.42 Å². The number of nitrogens with one attached hydrogen (secondary N) is 2. The van der Waals surface area contributed by atoms with E-state index in [2.05, 4.69) is 23.1 Å². The molecule has 0 saturated heterocycles. The monoisotopic (exact) mass is 496 g/mol. The summed E-state index contributed by atoms with van der Waals surface area (Å²) in [6, 6.07) is 15.2. The van der Waals surface area contributed by atoms with Gasteiger partial charge in [-0.25, -0.2) is 4.39 Å². The molecule has 0 aliphatic heterocycles. The minimum Gasteiger partial charge on any atom is -0.481 e. The highest BCUT2D eigenvalue weighted by atomic mass is 19.1. The lowest BCUT2D eigenvalue weighted by atomic mass is 9.93. The van der Waals surface area contributed by atoms with Crippen molar-refractivity contribution in [2.75, 3.05) is 7.05 Å². The Morgan fingerprint density at radius 3 is 2.43 bits per heavy atom. The zero-order valence-electron chi connectivity index (χ0n) is 19.7. The quantitative estimate of drug-likeness (QED) is 0.320. The third-order valence-corrected chi connectivity index (χ3v) is 5.69. The third-order valence-electron chi connectivity index (χ3n) is 5.69. The van der Waals surface area contributed by atoms with Crippen molar-refractivity contribution < 1.29 is 28.3 Å². The molecule has 4 rings (SSSR count). The summed E-state index contributed by atoms with van der Waals surface area (Å²) in [4.78, 5) is 37.2. The Morgan fingerprint density at radius 2 is 1.78 bits per heavy atom. The molecule has 0 atom stereocenters. The molecular weight excluding hydrogens is 475 g/mol. The Morgan fingerprint density at radius 1 is 1.05 bits per heavy atom. The fourth-order valence-corrected chi connectivity index (χ4v) is 3.99. The molecule has 8 heteroatoms. The minimum absolute atomic E-state index is 0.102. The van der Waals surface area contributed by atoms with E-state index >= 15 is 0 Å². The van der Waals surface area contributed by atoms with Crippen LogP contribution in [0.15, 0.2) is 77.4 Å². The van der Waals surface area contributed by atoms with Gasteiger partial charge in [0.25, 0.3) is 11.8 Å². The van der Waals surface area contributed by atoms with Crippen LogP contribution in [0.3, 0.4) is 0 Å². The molecule has 3 N–H and O–H groups in total. The standard InChI is InChI=1S/C29H21FN2O5/c1-4-16(2)32-28(35)19-7-5-6-18(12-19)22-15-23-24(13-20(22)14-25(33)34)37-27(26(23)29(36)31-3)17-8-10-21(30)11-9-17/h1,5-13,15H,2,14H2,3H3,(H,31,36)(H,32,35)(H,33,34). The Balaban J connectivity index is 1.94. The lowest BCUT2D eigenvalue weighted by Crippen LogP contribution is -2.21. The molecule has 0 unspecified atom stereocenters. The topological polar surface area (TPSA) is 109 Å². The van der Waals surface area contributed by atoms with Crippen LogP contribution in [0.1, 0.15) is 26.3 Å². The van der Waals surface area contributed by atoms with E-state index in [-0.39, 0.29) is 34.6 Å². The van der Waals surface area contributed by atoms with Crippen LogP contribution in [-0.2, 0) is 11.2 Å². The van der Waals surface area contributed by atoms with E-state index in [1.165, 1.54) is 31.3 Å². The molecule has 0 aliphatic carbocycles. The zero-order valence-corrected chi connectivity index (χ0v) is 19.7. The van der Waals surface area contributed by atoms with Crippen LogP contribution in [-0.4, -0.2) is 29.9 Å². The Bertz CT molecular complexity index is 1610. The average molecular weight is 496 g/mol. The maximum absolute atomic E-state index is 13.5. The Kier molecular flexibility index (Phi) is 6.89. The number of carboxylic acid groups (broad SMARTS) is 1. The van der Waals surface area contributed by atoms with E-state index in [1.54, 1.807) is 36.4 Å². The van der Waals surface area contributed by atoms with Crippen molar-refractivity contribution in [1.82, 2.24) is 10.6 Å². The second-order valence-corrected chi connectivity index (χ2v) is 8.13. The second-order valence-electron chi connectivity index (χ2n) is 8.13. The van der Waals surface area contributed by atoms with Crippen molar-refractivity contribution >= 4 is 28.8 Å². The van der Waals surface area contributed by atoms with Gasteiger partial charge in [0, 0.05) is 23.6 Å². The number of allylic oxidation sites excluding steroid dienone is 1. The molecule has 0 fully saturated rings. The van der Waals surface area contributed by atoms with Gasteiger partial charge in [0.2, 0.25) is 0 Å². The van der Waals surface area contributed by atoms with E-state index in [9.17, 15) is 23.9 Å². The molecule has 1 aromatic heterocycles. The smallest absolute Gasteiger partial charge is 0.307 e. The first-order valence-electron chi connectivity index (χ1n) is 11.1. The number of carboxylic acids is 1. The summed E-state index contributed by atoms with van der Waals surface area (Å²) in [5, 5.41) is 15.1. The molecular formula is C29H21FN2O5. The Labute approximate surface area is 211 Å². The first-order chi connectivity index (χ1) is 17.7.